The van der Waals surface area contributed by atoms with Crippen LogP contribution in [0.5, 0.6) is 11.5 Å². The molecule has 1 unspecified atom stereocenters. The largest absolute Gasteiger partial charge is 0.497 e. The number of halogens is 1. The highest BCUT2D eigenvalue weighted by molar-refractivity contribution is 7.15. The van der Waals surface area contributed by atoms with Crippen molar-refractivity contribution in [1.82, 2.24) is 15.0 Å². The Bertz CT molecular complexity index is 1240. The first kappa shape index (κ1) is 23.2. The van der Waals surface area contributed by atoms with Gasteiger partial charge in [0, 0.05) is 17.8 Å². The zero-order valence-corrected chi connectivity index (χ0v) is 20.2. The predicted molar refractivity (Wildman–Crippen MR) is 131 cm³/mol. The van der Waals surface area contributed by atoms with Gasteiger partial charge in [-0.1, -0.05) is 31.2 Å². The lowest BCUT2D eigenvalue weighted by atomic mass is 10.1. The number of aromatic nitrogens is 3. The van der Waals surface area contributed by atoms with Crippen LogP contribution in [0.4, 0.5) is 0 Å². The zero-order valence-electron chi connectivity index (χ0n) is 18.6. The van der Waals surface area contributed by atoms with E-state index < -0.39 is 6.10 Å². The molecule has 4 rings (SSSR count). The van der Waals surface area contributed by atoms with Crippen molar-refractivity contribution in [3.05, 3.63) is 76.1 Å². The minimum absolute atomic E-state index is 0.196. The summed E-state index contributed by atoms with van der Waals surface area (Å²) in [5.41, 5.74) is 4.27. The minimum Gasteiger partial charge on any atom is -0.497 e. The number of benzene rings is 2. The molecule has 1 N–H and O–H groups in total. The molecule has 0 saturated heterocycles. The van der Waals surface area contributed by atoms with Crippen molar-refractivity contribution in [3.8, 4) is 33.3 Å². The Morgan fingerprint density at radius 1 is 1.06 bits per heavy atom. The van der Waals surface area contributed by atoms with Gasteiger partial charge in [-0.25, -0.2) is 15.0 Å². The molecule has 2 aromatic carbocycles. The molecule has 170 valence electrons. The molecule has 6 nitrogen and oxygen atoms in total. The fraction of sp³-hybridized carbons (Fsp3) is 0.240. The first-order chi connectivity index (χ1) is 16.0. The quantitative estimate of drug-likeness (QED) is 0.305. The highest BCUT2D eigenvalue weighted by Crippen LogP contribution is 2.39. The van der Waals surface area contributed by atoms with E-state index in [-0.39, 0.29) is 5.28 Å². The Morgan fingerprint density at radius 3 is 2.48 bits per heavy atom. The number of nitrogens with zero attached hydrogens (tertiary/aromatic N) is 3. The van der Waals surface area contributed by atoms with Gasteiger partial charge in [0.2, 0.25) is 5.28 Å². The molecule has 0 aliphatic rings. The Labute approximate surface area is 201 Å². The summed E-state index contributed by atoms with van der Waals surface area (Å²) in [5.74, 6) is 1.34. The summed E-state index contributed by atoms with van der Waals surface area (Å²) >= 11 is 7.63. The topological polar surface area (TPSA) is 77.4 Å². The van der Waals surface area contributed by atoms with E-state index in [0.29, 0.717) is 18.1 Å². The lowest BCUT2D eigenvalue weighted by molar-refractivity contribution is 0.199. The highest BCUT2D eigenvalue weighted by Gasteiger charge is 2.18. The van der Waals surface area contributed by atoms with E-state index in [1.807, 2.05) is 48.5 Å². The van der Waals surface area contributed by atoms with E-state index in [1.165, 1.54) is 0 Å². The van der Waals surface area contributed by atoms with E-state index in [9.17, 15) is 5.11 Å². The van der Waals surface area contributed by atoms with E-state index in [2.05, 4.69) is 16.9 Å². The van der Waals surface area contributed by atoms with E-state index in [1.54, 1.807) is 31.6 Å². The Balaban J connectivity index is 1.66. The van der Waals surface area contributed by atoms with Crippen LogP contribution >= 0.6 is 22.9 Å². The Kier molecular flexibility index (Phi) is 7.23. The van der Waals surface area contributed by atoms with Crippen LogP contribution in [0.1, 0.15) is 36.1 Å². The maximum absolute atomic E-state index is 9.69. The standard InChI is InChI=1S/C25H24ClN3O3S/c1-4-22-29-23(24(33-22)21-9-10-27-25(26)28-21)18-11-19(31-3)13-20(12-18)32-14-16-5-7-17(8-6-16)15(2)30/h5-13,15,30H,4,14H2,1-3H3. The van der Waals surface area contributed by atoms with Gasteiger partial charge in [0.25, 0.3) is 0 Å². The van der Waals surface area contributed by atoms with Crippen molar-refractivity contribution in [2.75, 3.05) is 7.11 Å². The number of rotatable bonds is 8. The molecule has 0 bridgehead atoms. The third-order valence-corrected chi connectivity index (χ3v) is 6.49. The van der Waals surface area contributed by atoms with Gasteiger partial charge < -0.3 is 14.6 Å². The molecule has 0 spiro atoms. The molecule has 2 heterocycles. The van der Waals surface area contributed by atoms with Crippen LogP contribution < -0.4 is 9.47 Å². The van der Waals surface area contributed by atoms with Crippen LogP contribution in [-0.4, -0.2) is 27.2 Å². The van der Waals surface area contributed by atoms with Gasteiger partial charge in [0.15, 0.2) is 0 Å². The van der Waals surface area contributed by atoms with Crippen LogP contribution in [0.2, 0.25) is 5.28 Å². The molecule has 0 fully saturated rings. The van der Waals surface area contributed by atoms with Crippen molar-refractivity contribution in [2.24, 2.45) is 0 Å². The minimum atomic E-state index is -0.494. The van der Waals surface area contributed by atoms with E-state index >= 15 is 0 Å². The molecular formula is C25H24ClN3O3S. The summed E-state index contributed by atoms with van der Waals surface area (Å²) in [7, 11) is 1.63. The molecule has 0 radical (unpaired) electrons. The van der Waals surface area contributed by atoms with E-state index in [4.69, 9.17) is 26.1 Å². The maximum atomic E-state index is 9.69. The van der Waals surface area contributed by atoms with Crippen molar-refractivity contribution < 1.29 is 14.6 Å². The Hall–Kier alpha value is -3.00. The number of aliphatic hydroxyl groups is 1. The number of ether oxygens (including phenoxy) is 2. The van der Waals surface area contributed by atoms with Crippen LogP contribution in [0.15, 0.2) is 54.7 Å². The van der Waals surface area contributed by atoms with Crippen molar-refractivity contribution in [3.63, 3.8) is 0 Å². The average molecular weight is 482 g/mol. The van der Waals surface area contributed by atoms with Crippen LogP contribution in [-0.2, 0) is 13.0 Å². The monoisotopic (exact) mass is 481 g/mol. The van der Waals surface area contributed by atoms with Crippen molar-refractivity contribution >= 4 is 22.9 Å². The third-order valence-electron chi connectivity index (χ3n) is 5.09. The lowest BCUT2D eigenvalue weighted by Crippen LogP contribution is -1.98. The van der Waals surface area contributed by atoms with Gasteiger partial charge in [-0.3, -0.25) is 0 Å². The van der Waals surface area contributed by atoms with Crippen molar-refractivity contribution in [2.45, 2.75) is 33.0 Å². The van der Waals surface area contributed by atoms with Gasteiger partial charge in [0.1, 0.15) is 18.1 Å². The molecule has 0 saturated carbocycles. The van der Waals surface area contributed by atoms with Crippen LogP contribution in [0, 0.1) is 0 Å². The fourth-order valence-electron chi connectivity index (χ4n) is 3.31. The van der Waals surface area contributed by atoms with Crippen LogP contribution in [0.3, 0.4) is 0 Å². The van der Waals surface area contributed by atoms with Gasteiger partial charge in [0.05, 0.1) is 34.5 Å². The normalized spacial score (nSPS) is 11.9. The van der Waals surface area contributed by atoms with Gasteiger partial charge in [-0.05, 0) is 54.3 Å². The Morgan fingerprint density at radius 2 is 1.82 bits per heavy atom. The van der Waals surface area contributed by atoms with E-state index in [0.717, 1.165) is 44.4 Å². The summed E-state index contributed by atoms with van der Waals surface area (Å²) < 4.78 is 11.6. The summed E-state index contributed by atoms with van der Waals surface area (Å²) in [6, 6.07) is 15.3. The summed E-state index contributed by atoms with van der Waals surface area (Å²) in [6.07, 6.45) is 1.96. The number of hydrogen-bond acceptors (Lipinski definition) is 7. The van der Waals surface area contributed by atoms with Gasteiger partial charge in [-0.2, -0.15) is 0 Å². The number of aryl methyl sites for hydroxylation is 1. The number of methoxy groups -OCH3 is 1. The SMILES string of the molecule is CCc1nc(-c2cc(OC)cc(OCc3ccc(C(C)O)cc3)c2)c(-c2ccnc(Cl)n2)s1. The second-order valence-corrected chi connectivity index (χ2v) is 8.87. The molecule has 8 heteroatoms. The molecule has 1 atom stereocenters. The smallest absolute Gasteiger partial charge is 0.222 e. The summed E-state index contributed by atoms with van der Waals surface area (Å²) in [5, 5.41) is 10.9. The third kappa shape index (κ3) is 5.50. The number of hydrogen-bond donors (Lipinski definition) is 1. The van der Waals surface area contributed by atoms with Gasteiger partial charge in [-0.15, -0.1) is 11.3 Å². The molecule has 0 amide bonds. The molecule has 33 heavy (non-hydrogen) atoms. The van der Waals surface area contributed by atoms with Crippen molar-refractivity contribution in [1.29, 1.82) is 0 Å². The zero-order chi connectivity index (χ0) is 23.4. The maximum Gasteiger partial charge on any atom is 0.222 e. The summed E-state index contributed by atoms with van der Waals surface area (Å²) in [6.45, 7) is 4.20. The second kappa shape index (κ2) is 10.3. The van der Waals surface area contributed by atoms with Gasteiger partial charge >= 0.3 is 0 Å². The predicted octanol–water partition coefficient (Wildman–Crippen LogP) is 6.12. The average Bonchev–Trinajstić information content (AvgIpc) is 3.27. The molecule has 0 aliphatic heterocycles. The molecule has 2 aromatic heterocycles. The number of thiazole rings is 1. The molecule has 0 aliphatic carbocycles. The van der Waals surface area contributed by atoms with Crippen LogP contribution in [0.25, 0.3) is 21.8 Å². The first-order valence-electron chi connectivity index (χ1n) is 10.5. The highest BCUT2D eigenvalue weighted by atomic mass is 35.5. The number of aliphatic hydroxyl groups excluding tert-OH is 1. The fourth-order valence-corrected chi connectivity index (χ4v) is 4.46. The summed E-state index contributed by atoms with van der Waals surface area (Å²) in [4.78, 5) is 14.1. The second-order valence-electron chi connectivity index (χ2n) is 7.45. The molecule has 4 aromatic rings. The lowest BCUT2D eigenvalue weighted by Gasteiger charge is -2.12. The molecular weight excluding hydrogens is 458 g/mol. The first-order valence-corrected chi connectivity index (χ1v) is 11.7.